The van der Waals surface area contributed by atoms with Crippen molar-refractivity contribution in [3.05, 3.63) is 105 Å². The molecule has 0 atom stereocenters. The quantitative estimate of drug-likeness (QED) is 0.290. The summed E-state index contributed by atoms with van der Waals surface area (Å²) >= 11 is 12.2. The van der Waals surface area contributed by atoms with E-state index in [1.807, 2.05) is 13.0 Å². The minimum atomic E-state index is -0.588. The third-order valence-corrected chi connectivity index (χ3v) is 5.98. The summed E-state index contributed by atoms with van der Waals surface area (Å²) in [7, 11) is 0. The van der Waals surface area contributed by atoms with E-state index >= 15 is 0 Å². The summed E-state index contributed by atoms with van der Waals surface area (Å²) in [5, 5.41) is 11.6. The molecule has 0 aliphatic heterocycles. The number of nitrogens with zero attached hydrogens (tertiary/aromatic N) is 3. The standard InChI is InChI=1S/C26H22Cl2N6O2/c1-3-18(27)11-21-14(2)33-34-23(21)13-32-26(36)16-4-5-30-20(10-16)7-15-6-17-9-19(28)12-31-24(17)22(8-15)25(29)35/h3-6,8-12H,1,7,13H2,2H3,(H2,29,35)(H,32,36)(H,33,34)/b18-11+. The molecule has 0 saturated heterocycles. The van der Waals surface area contributed by atoms with E-state index in [9.17, 15) is 9.59 Å². The van der Waals surface area contributed by atoms with Crippen molar-refractivity contribution >= 4 is 52.0 Å². The van der Waals surface area contributed by atoms with Crippen LogP contribution in [0.25, 0.3) is 17.0 Å². The number of aromatic amines is 1. The van der Waals surface area contributed by atoms with Crippen molar-refractivity contribution in [3.63, 3.8) is 0 Å². The number of halogens is 2. The molecule has 36 heavy (non-hydrogen) atoms. The highest BCUT2D eigenvalue weighted by Crippen LogP contribution is 2.24. The summed E-state index contributed by atoms with van der Waals surface area (Å²) in [5.41, 5.74) is 10.5. The van der Waals surface area contributed by atoms with Gasteiger partial charge >= 0.3 is 0 Å². The number of H-pyrrole nitrogens is 1. The fraction of sp³-hybridized carbons (Fsp3) is 0.115. The highest BCUT2D eigenvalue weighted by atomic mass is 35.5. The van der Waals surface area contributed by atoms with Crippen molar-refractivity contribution in [2.75, 3.05) is 0 Å². The van der Waals surface area contributed by atoms with E-state index in [4.69, 9.17) is 28.9 Å². The number of allylic oxidation sites excluding steroid dienone is 2. The van der Waals surface area contributed by atoms with E-state index in [1.54, 1.807) is 36.5 Å². The topological polar surface area (TPSA) is 127 Å². The Morgan fingerprint density at radius 1 is 1.22 bits per heavy atom. The largest absolute Gasteiger partial charge is 0.366 e. The van der Waals surface area contributed by atoms with Gasteiger partial charge in [-0.15, -0.1) is 0 Å². The van der Waals surface area contributed by atoms with Gasteiger partial charge in [-0.1, -0.05) is 35.9 Å². The summed E-state index contributed by atoms with van der Waals surface area (Å²) in [5.74, 6) is -0.869. The highest BCUT2D eigenvalue weighted by molar-refractivity contribution is 6.33. The van der Waals surface area contributed by atoms with Gasteiger partial charge in [-0.25, -0.2) is 0 Å². The van der Waals surface area contributed by atoms with Crippen molar-refractivity contribution in [3.8, 4) is 0 Å². The monoisotopic (exact) mass is 520 g/mol. The van der Waals surface area contributed by atoms with E-state index in [0.717, 1.165) is 16.8 Å². The molecule has 0 unspecified atom stereocenters. The van der Waals surface area contributed by atoms with Gasteiger partial charge in [-0.05, 0) is 48.9 Å². The van der Waals surface area contributed by atoms with Gasteiger partial charge in [0.1, 0.15) is 0 Å². The SMILES string of the molecule is C=C/C(Cl)=C\c1c(CNC(=O)c2ccnc(Cc3cc(C(N)=O)c4ncc(Cl)cc4c3)c2)n[nH]c1C. The molecule has 0 fully saturated rings. The summed E-state index contributed by atoms with van der Waals surface area (Å²) in [6.45, 7) is 5.72. The van der Waals surface area contributed by atoms with Gasteiger partial charge in [0.15, 0.2) is 0 Å². The van der Waals surface area contributed by atoms with Crippen LogP contribution in [0.3, 0.4) is 0 Å². The molecule has 0 radical (unpaired) electrons. The smallest absolute Gasteiger partial charge is 0.251 e. The zero-order chi connectivity index (χ0) is 25.8. The molecule has 8 nitrogen and oxygen atoms in total. The number of aromatic nitrogens is 4. The van der Waals surface area contributed by atoms with Crippen LogP contribution in [0.15, 0.2) is 60.4 Å². The first-order valence-corrected chi connectivity index (χ1v) is 11.7. The second kappa shape index (κ2) is 10.7. The summed E-state index contributed by atoms with van der Waals surface area (Å²) in [6, 6.07) is 8.61. The predicted octanol–water partition coefficient (Wildman–Crippen LogP) is 4.70. The summed E-state index contributed by atoms with van der Waals surface area (Å²) in [4.78, 5) is 33.5. The van der Waals surface area contributed by atoms with Crippen molar-refractivity contribution in [1.82, 2.24) is 25.5 Å². The van der Waals surface area contributed by atoms with E-state index in [2.05, 4.69) is 32.1 Å². The number of benzene rings is 1. The van der Waals surface area contributed by atoms with E-state index in [-0.39, 0.29) is 12.5 Å². The molecule has 182 valence electrons. The lowest BCUT2D eigenvalue weighted by Crippen LogP contribution is -2.23. The van der Waals surface area contributed by atoms with Crippen LogP contribution in [0.2, 0.25) is 5.02 Å². The zero-order valence-electron chi connectivity index (χ0n) is 19.3. The number of hydrogen-bond acceptors (Lipinski definition) is 5. The van der Waals surface area contributed by atoms with E-state index < -0.39 is 5.91 Å². The minimum Gasteiger partial charge on any atom is -0.366 e. The summed E-state index contributed by atoms with van der Waals surface area (Å²) in [6.07, 6.45) is 6.68. The third kappa shape index (κ3) is 5.62. The number of pyridine rings is 2. The van der Waals surface area contributed by atoms with Gasteiger partial charge < -0.3 is 11.1 Å². The Bertz CT molecular complexity index is 1530. The first-order chi connectivity index (χ1) is 17.2. The summed E-state index contributed by atoms with van der Waals surface area (Å²) < 4.78 is 0. The molecule has 0 aliphatic carbocycles. The lowest BCUT2D eigenvalue weighted by Gasteiger charge is -2.09. The lowest BCUT2D eigenvalue weighted by molar-refractivity contribution is 0.0949. The van der Waals surface area contributed by atoms with Crippen molar-refractivity contribution in [2.24, 2.45) is 5.73 Å². The Balaban J connectivity index is 1.53. The van der Waals surface area contributed by atoms with Crippen LogP contribution < -0.4 is 11.1 Å². The van der Waals surface area contributed by atoms with Crippen molar-refractivity contribution in [1.29, 1.82) is 0 Å². The molecule has 2 amide bonds. The minimum absolute atomic E-state index is 0.203. The highest BCUT2D eigenvalue weighted by Gasteiger charge is 2.14. The number of nitrogens with one attached hydrogen (secondary N) is 2. The average Bonchev–Trinajstić information content (AvgIpc) is 3.20. The molecular weight excluding hydrogens is 499 g/mol. The number of amides is 2. The number of carbonyl (C=O) groups excluding carboxylic acids is 2. The lowest BCUT2D eigenvalue weighted by atomic mass is 10.0. The number of nitrogens with two attached hydrogens (primary N) is 1. The number of carbonyl (C=O) groups is 2. The Hall–Kier alpha value is -4.01. The van der Waals surface area contributed by atoms with Crippen molar-refractivity contribution in [2.45, 2.75) is 19.9 Å². The van der Waals surface area contributed by atoms with Crippen LogP contribution in [0.5, 0.6) is 0 Å². The van der Waals surface area contributed by atoms with Crippen LogP contribution in [-0.2, 0) is 13.0 Å². The maximum absolute atomic E-state index is 12.9. The van der Waals surface area contributed by atoms with Crippen molar-refractivity contribution < 1.29 is 9.59 Å². The maximum atomic E-state index is 12.9. The predicted molar refractivity (Wildman–Crippen MR) is 141 cm³/mol. The fourth-order valence-corrected chi connectivity index (χ4v) is 4.05. The Kier molecular flexibility index (Phi) is 7.47. The van der Waals surface area contributed by atoms with Gasteiger partial charge in [-0.3, -0.25) is 24.7 Å². The molecule has 10 heteroatoms. The van der Waals surface area contributed by atoms with Gasteiger partial charge in [0.25, 0.3) is 11.8 Å². The molecule has 0 aliphatic rings. The molecule has 0 spiro atoms. The number of aryl methyl sites for hydroxylation is 1. The first-order valence-electron chi connectivity index (χ1n) is 10.9. The molecule has 3 aromatic heterocycles. The number of fused-ring (bicyclic) bond motifs is 1. The van der Waals surface area contributed by atoms with Gasteiger partial charge in [0, 0.05) is 51.7 Å². The molecule has 4 rings (SSSR count). The van der Waals surface area contributed by atoms with Gasteiger partial charge in [0.2, 0.25) is 0 Å². The number of rotatable bonds is 8. The molecule has 0 bridgehead atoms. The molecular formula is C26H22Cl2N6O2. The van der Waals surface area contributed by atoms with E-state index in [0.29, 0.717) is 49.9 Å². The Labute approximate surface area is 217 Å². The molecule has 4 N–H and O–H groups in total. The molecule has 0 saturated carbocycles. The molecule has 1 aromatic carbocycles. The van der Waals surface area contributed by atoms with Crippen LogP contribution >= 0.6 is 23.2 Å². The van der Waals surface area contributed by atoms with Gasteiger partial charge in [-0.2, -0.15) is 5.10 Å². The number of hydrogen-bond donors (Lipinski definition) is 3. The molecule has 3 heterocycles. The Morgan fingerprint density at radius 2 is 2.03 bits per heavy atom. The molecule has 4 aromatic rings. The number of primary amides is 1. The van der Waals surface area contributed by atoms with Gasteiger partial charge in [0.05, 0.1) is 28.3 Å². The maximum Gasteiger partial charge on any atom is 0.251 e. The third-order valence-electron chi connectivity index (χ3n) is 5.51. The van der Waals surface area contributed by atoms with Crippen LogP contribution in [-0.4, -0.2) is 32.0 Å². The van der Waals surface area contributed by atoms with E-state index in [1.165, 1.54) is 12.3 Å². The second-order valence-corrected chi connectivity index (χ2v) is 8.94. The normalized spacial score (nSPS) is 11.5. The Morgan fingerprint density at radius 3 is 2.78 bits per heavy atom. The van der Waals surface area contributed by atoms with Crippen LogP contribution in [0.1, 0.15) is 48.9 Å². The zero-order valence-corrected chi connectivity index (χ0v) is 20.8. The average molecular weight is 521 g/mol. The van der Waals surface area contributed by atoms with Crippen LogP contribution in [0, 0.1) is 6.92 Å². The fourth-order valence-electron chi connectivity index (χ4n) is 3.78. The second-order valence-electron chi connectivity index (χ2n) is 8.07. The first kappa shape index (κ1) is 25.1. The van der Waals surface area contributed by atoms with Crippen LogP contribution in [0.4, 0.5) is 0 Å².